The molecule has 0 unspecified atom stereocenters. The summed E-state index contributed by atoms with van der Waals surface area (Å²) in [5.41, 5.74) is 3.57. The number of carbonyl (C=O) groups is 1. The molecule has 4 rings (SSSR count). The molecule has 1 N–H and O–H groups in total. The summed E-state index contributed by atoms with van der Waals surface area (Å²) in [5, 5.41) is 4.51. The van der Waals surface area contributed by atoms with E-state index in [2.05, 4.69) is 42.2 Å². The van der Waals surface area contributed by atoms with E-state index in [1.807, 2.05) is 37.3 Å². The Morgan fingerprint density at radius 2 is 1.97 bits per heavy atom. The molecule has 184 valence electrons. The van der Waals surface area contributed by atoms with E-state index in [4.69, 9.17) is 21.3 Å². The van der Waals surface area contributed by atoms with E-state index in [1.165, 1.54) is 6.08 Å². The molecule has 2 aromatic carbocycles. The number of amides is 1. The molecule has 7 heteroatoms. The summed E-state index contributed by atoms with van der Waals surface area (Å²) in [7, 11) is 4.31. The van der Waals surface area contributed by atoms with Crippen LogP contribution in [-0.2, 0) is 4.79 Å². The first-order chi connectivity index (χ1) is 16.8. The lowest BCUT2D eigenvalue weighted by molar-refractivity contribution is -0.111. The van der Waals surface area contributed by atoms with Crippen molar-refractivity contribution in [1.29, 1.82) is 0 Å². The minimum atomic E-state index is -0.222. The van der Waals surface area contributed by atoms with Gasteiger partial charge < -0.3 is 19.9 Å². The normalized spacial score (nSPS) is 14.7. The van der Waals surface area contributed by atoms with Gasteiger partial charge in [0.2, 0.25) is 5.91 Å². The first-order valence-electron chi connectivity index (χ1n) is 12.1. The second-order valence-electron chi connectivity index (χ2n) is 9.15. The third-order valence-electron chi connectivity index (χ3n) is 6.49. The predicted octanol–water partition coefficient (Wildman–Crippen LogP) is 5.78. The number of aryl methyl sites for hydroxylation is 1. The van der Waals surface area contributed by atoms with Crippen LogP contribution in [-0.4, -0.2) is 55.6 Å². The summed E-state index contributed by atoms with van der Waals surface area (Å²) in [5.74, 6) is 1.51. The van der Waals surface area contributed by atoms with Gasteiger partial charge in [-0.25, -0.2) is 4.98 Å². The third kappa shape index (κ3) is 6.13. The van der Waals surface area contributed by atoms with Gasteiger partial charge in [0.05, 0.1) is 17.1 Å². The van der Waals surface area contributed by atoms with E-state index in [0.717, 1.165) is 59.5 Å². The molecular formula is C28H33ClN4O2. The maximum Gasteiger partial charge on any atom is 0.248 e. The molecule has 35 heavy (non-hydrogen) atoms. The molecule has 0 radical (unpaired) electrons. The molecule has 6 nitrogen and oxygen atoms in total. The Hall–Kier alpha value is -3.09. The van der Waals surface area contributed by atoms with Crippen molar-refractivity contribution in [2.45, 2.75) is 32.7 Å². The van der Waals surface area contributed by atoms with Crippen molar-refractivity contribution in [3.05, 3.63) is 64.7 Å². The van der Waals surface area contributed by atoms with Crippen LogP contribution in [0, 0.1) is 6.92 Å². The smallest absolute Gasteiger partial charge is 0.248 e. The molecule has 0 saturated carbocycles. The van der Waals surface area contributed by atoms with Crippen molar-refractivity contribution in [2.24, 2.45) is 0 Å². The fraction of sp³-hybridized carbons (Fsp3) is 0.357. The van der Waals surface area contributed by atoms with Gasteiger partial charge in [-0.15, -0.1) is 0 Å². The first-order valence-corrected chi connectivity index (χ1v) is 12.5. The summed E-state index contributed by atoms with van der Waals surface area (Å²) in [6, 6.07) is 14.1. The number of halogens is 1. The number of ether oxygens (including phenoxy) is 1. The number of aromatic nitrogens is 1. The number of carbonyl (C=O) groups excluding carboxylic acids is 1. The molecule has 1 aliphatic heterocycles. The summed E-state index contributed by atoms with van der Waals surface area (Å²) in [6.45, 7) is 6.62. The number of nitrogens with one attached hydrogen (secondary N) is 1. The minimum absolute atomic E-state index is 0.222. The van der Waals surface area contributed by atoms with E-state index in [9.17, 15) is 4.79 Å². The maximum absolute atomic E-state index is 12.5. The second kappa shape index (κ2) is 11.1. The Morgan fingerprint density at radius 1 is 1.20 bits per heavy atom. The summed E-state index contributed by atoms with van der Waals surface area (Å²) in [4.78, 5) is 22.1. The van der Waals surface area contributed by atoms with Gasteiger partial charge in [-0.2, -0.15) is 0 Å². The fourth-order valence-electron chi connectivity index (χ4n) is 4.48. The second-order valence-corrected chi connectivity index (χ2v) is 9.56. The molecule has 1 saturated heterocycles. The number of hydrogen-bond donors (Lipinski definition) is 1. The van der Waals surface area contributed by atoms with Crippen molar-refractivity contribution in [3.8, 4) is 5.75 Å². The summed E-state index contributed by atoms with van der Waals surface area (Å²) in [6.07, 6.45) is 5.47. The highest BCUT2D eigenvalue weighted by Gasteiger charge is 2.22. The molecule has 0 aliphatic carbocycles. The van der Waals surface area contributed by atoms with Crippen LogP contribution >= 0.6 is 11.6 Å². The highest BCUT2D eigenvalue weighted by Crippen LogP contribution is 2.28. The van der Waals surface area contributed by atoms with E-state index in [1.54, 1.807) is 12.1 Å². The average molecular weight is 493 g/mol. The lowest BCUT2D eigenvalue weighted by Gasteiger charge is -2.36. The van der Waals surface area contributed by atoms with Crippen molar-refractivity contribution < 1.29 is 9.53 Å². The molecule has 0 spiro atoms. The van der Waals surface area contributed by atoms with Gasteiger partial charge in [-0.05, 0) is 100 Å². The van der Waals surface area contributed by atoms with Crippen LogP contribution in [0.1, 0.15) is 30.9 Å². The Balaban J connectivity index is 1.44. The molecule has 2 heterocycles. The van der Waals surface area contributed by atoms with Gasteiger partial charge >= 0.3 is 0 Å². The summed E-state index contributed by atoms with van der Waals surface area (Å²) < 4.78 is 5.45. The standard InChI is InChI=1S/C28H33ClN4O2/c1-5-35-23-9-6-20(25(29)18-23)7-11-28(34)30-21-8-10-26-24(17-21)19(2)16-27(31-26)33-14-12-22(13-15-33)32(3)4/h6-11,16-18,22H,5,12-15H2,1-4H3,(H,30,34). The highest BCUT2D eigenvalue weighted by molar-refractivity contribution is 6.32. The Kier molecular flexibility index (Phi) is 7.93. The number of nitrogens with zero attached hydrogens (tertiary/aromatic N) is 3. The lowest BCUT2D eigenvalue weighted by Crippen LogP contribution is -2.42. The van der Waals surface area contributed by atoms with Gasteiger partial charge in [0.1, 0.15) is 11.6 Å². The van der Waals surface area contributed by atoms with E-state index in [-0.39, 0.29) is 5.91 Å². The largest absolute Gasteiger partial charge is 0.494 e. The number of rotatable bonds is 7. The summed E-state index contributed by atoms with van der Waals surface area (Å²) >= 11 is 6.31. The van der Waals surface area contributed by atoms with E-state index < -0.39 is 0 Å². The zero-order chi connectivity index (χ0) is 24.9. The molecule has 3 aromatic rings. The minimum Gasteiger partial charge on any atom is -0.494 e. The SMILES string of the molecule is CCOc1ccc(C=CC(=O)Nc2ccc3nc(N4CCC(N(C)C)CC4)cc(C)c3c2)c(Cl)c1. The van der Waals surface area contributed by atoms with Crippen LogP contribution in [0.15, 0.2) is 48.5 Å². The maximum atomic E-state index is 12.5. The van der Waals surface area contributed by atoms with Crippen molar-refractivity contribution in [2.75, 3.05) is 44.0 Å². The van der Waals surface area contributed by atoms with E-state index in [0.29, 0.717) is 23.4 Å². The Morgan fingerprint density at radius 3 is 2.66 bits per heavy atom. The van der Waals surface area contributed by atoms with Crippen LogP contribution in [0.2, 0.25) is 5.02 Å². The average Bonchev–Trinajstić information content (AvgIpc) is 2.84. The molecule has 1 aromatic heterocycles. The molecule has 1 amide bonds. The van der Waals surface area contributed by atoms with Gasteiger partial charge in [0.15, 0.2) is 0 Å². The van der Waals surface area contributed by atoms with Gasteiger partial charge in [-0.1, -0.05) is 11.6 Å². The Labute approximate surface area is 212 Å². The number of fused-ring (bicyclic) bond motifs is 1. The van der Waals surface area contributed by atoms with Crippen molar-refractivity contribution in [3.63, 3.8) is 0 Å². The molecule has 0 atom stereocenters. The number of benzene rings is 2. The van der Waals surface area contributed by atoms with Gasteiger partial charge in [0, 0.05) is 36.3 Å². The number of anilines is 2. The van der Waals surface area contributed by atoms with Gasteiger partial charge in [-0.3, -0.25) is 4.79 Å². The van der Waals surface area contributed by atoms with E-state index >= 15 is 0 Å². The highest BCUT2D eigenvalue weighted by atomic mass is 35.5. The molecular weight excluding hydrogens is 460 g/mol. The molecule has 0 bridgehead atoms. The lowest BCUT2D eigenvalue weighted by atomic mass is 10.0. The first kappa shape index (κ1) is 25.0. The zero-order valence-electron chi connectivity index (χ0n) is 20.8. The monoisotopic (exact) mass is 492 g/mol. The zero-order valence-corrected chi connectivity index (χ0v) is 21.6. The van der Waals surface area contributed by atoms with Gasteiger partial charge in [0.25, 0.3) is 0 Å². The van der Waals surface area contributed by atoms with Crippen LogP contribution in [0.5, 0.6) is 5.75 Å². The number of hydrogen-bond acceptors (Lipinski definition) is 5. The fourth-order valence-corrected chi connectivity index (χ4v) is 4.71. The molecule has 1 fully saturated rings. The Bertz CT molecular complexity index is 1230. The van der Waals surface area contributed by atoms with Crippen molar-refractivity contribution >= 4 is 46.0 Å². The number of pyridine rings is 1. The van der Waals surface area contributed by atoms with Crippen molar-refractivity contribution in [1.82, 2.24) is 9.88 Å². The van der Waals surface area contributed by atoms with Crippen LogP contribution in [0.25, 0.3) is 17.0 Å². The third-order valence-corrected chi connectivity index (χ3v) is 6.81. The van der Waals surface area contributed by atoms with Crippen LogP contribution in [0.4, 0.5) is 11.5 Å². The molecule has 1 aliphatic rings. The van der Waals surface area contributed by atoms with Crippen LogP contribution < -0.4 is 15.0 Å². The quantitative estimate of drug-likeness (QED) is 0.424. The predicted molar refractivity (Wildman–Crippen MR) is 146 cm³/mol. The number of piperidine rings is 1. The topological polar surface area (TPSA) is 57.7 Å². The van der Waals surface area contributed by atoms with Crippen LogP contribution in [0.3, 0.4) is 0 Å².